The van der Waals surface area contributed by atoms with Crippen LogP contribution in [0.4, 0.5) is 17.1 Å². The molecule has 8 fully saturated rings. The third kappa shape index (κ3) is 25.4. The molecule has 2 unspecified atom stereocenters. The third-order valence-electron chi connectivity index (χ3n) is 27.6. The van der Waals surface area contributed by atoms with E-state index in [-0.39, 0.29) is 106 Å². The van der Waals surface area contributed by atoms with Crippen LogP contribution in [0.2, 0.25) is 80.3 Å². The number of fused-ring (bicyclic) bond motifs is 8. The lowest BCUT2D eigenvalue weighted by molar-refractivity contribution is -0.222. The van der Waals surface area contributed by atoms with Crippen molar-refractivity contribution in [3.05, 3.63) is 201 Å². The highest BCUT2D eigenvalue weighted by molar-refractivity contribution is 6.75. The number of hydrogen-bond acceptors (Lipinski definition) is 25. The molecular formula is C101H138Cl6N12O17Si3. The molecule has 0 amide bonds. The number of aromatic amines is 2. The van der Waals surface area contributed by atoms with Crippen LogP contribution in [-0.2, 0) is 70.1 Å². The Kier molecular flexibility index (Phi) is 33.4. The third-order valence-corrected chi connectivity index (χ3v) is 42.5. The minimum absolute atomic E-state index is 0.0875. The molecular weight excluding hydrogens is 1950 g/mol. The van der Waals surface area contributed by atoms with E-state index in [1.54, 1.807) is 12.3 Å². The number of alkyl halides is 1. The summed E-state index contributed by atoms with van der Waals surface area (Å²) in [7, 11) is -5.59. The van der Waals surface area contributed by atoms with Gasteiger partial charge < -0.3 is 115 Å². The Morgan fingerprint density at radius 1 is 0.403 bits per heavy atom. The summed E-state index contributed by atoms with van der Waals surface area (Å²) in [4.78, 5) is 27.2. The first kappa shape index (κ1) is 108. The van der Waals surface area contributed by atoms with Crippen LogP contribution < -0.4 is 16.0 Å². The van der Waals surface area contributed by atoms with Gasteiger partial charge in [0.05, 0.1) is 31.8 Å². The number of anilines is 3. The Morgan fingerprint density at radius 2 is 0.727 bits per heavy atom. The van der Waals surface area contributed by atoms with Crippen molar-refractivity contribution in [2.24, 2.45) is 0 Å². The van der Waals surface area contributed by atoms with Crippen LogP contribution in [0.3, 0.4) is 0 Å². The van der Waals surface area contributed by atoms with Gasteiger partial charge in [-0.05, 0) is 201 Å². The number of H-pyrrole nitrogens is 2. The number of hydrogen-bond donors (Lipinski definition) is 7. The Labute approximate surface area is 849 Å². The number of ether oxygens (including phenoxy) is 12. The number of aliphatic hydroxyl groups is 2. The highest BCUT2D eigenvalue weighted by atomic mass is 35.5. The van der Waals surface area contributed by atoms with E-state index in [1.807, 2.05) is 168 Å². The molecule has 139 heavy (non-hydrogen) atoms. The van der Waals surface area contributed by atoms with Gasteiger partial charge in [-0.25, -0.2) is 19.9 Å². The first-order valence-electron chi connectivity index (χ1n) is 47.5. The van der Waals surface area contributed by atoms with Crippen molar-refractivity contribution < 1.29 is 80.3 Å². The van der Waals surface area contributed by atoms with Crippen LogP contribution in [0.25, 0.3) is 44.1 Å². The Bertz CT molecular complexity index is 5900. The van der Waals surface area contributed by atoms with E-state index < -0.39 is 84.6 Å². The lowest BCUT2D eigenvalue weighted by Gasteiger charge is -2.37. The normalized spacial score (nSPS) is 26.6. The lowest BCUT2D eigenvalue weighted by atomic mass is 10.1. The Morgan fingerprint density at radius 3 is 1.13 bits per heavy atom. The van der Waals surface area contributed by atoms with Crippen molar-refractivity contribution in [3.8, 4) is 0 Å². The van der Waals surface area contributed by atoms with Crippen LogP contribution >= 0.6 is 69.6 Å². The summed E-state index contributed by atoms with van der Waals surface area (Å²) in [5, 5.41) is 36.3. The van der Waals surface area contributed by atoms with E-state index in [9.17, 15) is 10.2 Å². The summed E-state index contributed by atoms with van der Waals surface area (Å²) in [5.41, 5.74) is 8.84. The minimum Gasteiger partial charge on any atom is -0.414 e. The van der Waals surface area contributed by atoms with E-state index in [1.165, 1.54) is 16.7 Å². The summed E-state index contributed by atoms with van der Waals surface area (Å²) >= 11 is 36.5. The second-order valence-electron chi connectivity index (χ2n) is 42.9. The van der Waals surface area contributed by atoms with Crippen LogP contribution in [0, 0.1) is 0 Å². The summed E-state index contributed by atoms with van der Waals surface area (Å²) < 4.78 is 94.9. The number of aliphatic hydroxyl groups excluding tert-OH is 2. The fourth-order valence-electron chi connectivity index (χ4n) is 17.1. The summed E-state index contributed by atoms with van der Waals surface area (Å²) in [5.74, 6) is -2.72. The predicted octanol–water partition coefficient (Wildman–Crippen LogP) is 24.0. The summed E-state index contributed by atoms with van der Waals surface area (Å²) in [6, 6.07) is 44.7. The average molecular weight is 2090 g/mol. The Hall–Kier alpha value is -6.54. The topological polar surface area (TPSA) is 321 Å². The summed E-state index contributed by atoms with van der Waals surface area (Å²) in [6.45, 7) is 56.1. The Balaban J connectivity index is 0.000000138. The molecule has 29 nitrogen and oxygen atoms in total. The van der Waals surface area contributed by atoms with E-state index in [0.29, 0.717) is 51.7 Å². The molecule has 3 aromatic carbocycles. The highest BCUT2D eigenvalue weighted by Gasteiger charge is 2.60. The first-order valence-corrected chi connectivity index (χ1v) is 58.5. The van der Waals surface area contributed by atoms with Crippen LogP contribution in [-0.4, -0.2) is 214 Å². The molecule has 8 aliphatic rings. The monoisotopic (exact) mass is 2080 g/mol. The maximum Gasteiger partial charge on any atom is 0.225 e. The molecule has 0 saturated carbocycles. The average Bonchev–Trinajstić information content (AvgIpc) is 1.59. The van der Waals surface area contributed by atoms with Gasteiger partial charge in [-0.1, -0.05) is 211 Å². The molecule has 0 bridgehead atoms. The van der Waals surface area contributed by atoms with Crippen molar-refractivity contribution in [3.63, 3.8) is 0 Å². The first-order chi connectivity index (χ1) is 65.0. The highest BCUT2D eigenvalue weighted by Crippen LogP contribution is 2.50. The molecule has 758 valence electrons. The van der Waals surface area contributed by atoms with Crippen LogP contribution in [0.15, 0.2) is 158 Å². The second kappa shape index (κ2) is 42.9. The van der Waals surface area contributed by atoms with Crippen molar-refractivity contribution >= 4 is 156 Å². The van der Waals surface area contributed by atoms with E-state index in [2.05, 4.69) is 211 Å². The van der Waals surface area contributed by atoms with Crippen molar-refractivity contribution in [1.82, 2.24) is 44.0 Å². The SMILES string of the molecule is CC1(C)O[C@@H]2[C@@H](CO[Si](C)(C)C(C)(C)C)OC(Cl)[C@@H]2O1.CC1(C)O[C@@H]2[C@@H](CO[Si](C)(C)C(C)(C)C)OC(O)[C@@H]2O1.C[C@@H](Nc1cc(Cl)nc2[nH]ccc12)c1ccccc1.C[C@@H](Nc1cc(Cl)nc2c1ccn2[C@@H]1O[C@H](CO)[C@H]2OC(C)(C)O[C@H]21)c1ccccc1.C[C@@H](Nc1cc(Cl)nc2c1ccn2[C@@H]1O[C@H](CO[Si](C)(C)C(C)(C)C)[C@H]2OC(C)(C)O[C@H]21)c1ccccc1.Clc1nc(Cl)c2cc[nH]c2n1. The largest absolute Gasteiger partial charge is 0.414 e. The second-order valence-corrected chi connectivity index (χ2v) is 59.6. The molecule has 8 aliphatic heterocycles. The zero-order chi connectivity index (χ0) is 101. The van der Waals surface area contributed by atoms with Crippen molar-refractivity contribution in [2.75, 3.05) is 42.4 Å². The molecule has 19 rings (SSSR count). The maximum atomic E-state index is 9.92. The van der Waals surface area contributed by atoms with Crippen LogP contribution in [0.1, 0.15) is 186 Å². The van der Waals surface area contributed by atoms with Crippen molar-refractivity contribution in [2.45, 2.75) is 332 Å². The number of benzene rings is 3. The van der Waals surface area contributed by atoms with Gasteiger partial charge in [0.25, 0.3) is 0 Å². The summed E-state index contributed by atoms with van der Waals surface area (Å²) in [6.07, 6.45) is 2.26. The lowest BCUT2D eigenvalue weighted by Crippen LogP contribution is -2.44. The van der Waals surface area contributed by atoms with E-state index in [4.69, 9.17) is 145 Å². The van der Waals surface area contributed by atoms with Gasteiger partial charge >= 0.3 is 0 Å². The van der Waals surface area contributed by atoms with Gasteiger partial charge in [0.1, 0.15) is 116 Å². The van der Waals surface area contributed by atoms with Gasteiger partial charge in [-0.15, -0.1) is 0 Å². The molecule has 0 radical (unpaired) electrons. The predicted molar refractivity (Wildman–Crippen MR) is 555 cm³/mol. The molecule has 8 aromatic heterocycles. The molecule has 19 atom stereocenters. The molecule has 16 heterocycles. The minimum atomic E-state index is -1.96. The van der Waals surface area contributed by atoms with E-state index in [0.717, 1.165) is 49.9 Å². The number of pyridine rings is 3. The molecule has 11 aromatic rings. The molecule has 0 aliphatic carbocycles. The fraction of sp³-hybridized carbons (Fsp3) is 0.554. The number of nitrogens with zero attached hydrogens (tertiary/aromatic N) is 7. The van der Waals surface area contributed by atoms with Gasteiger partial charge in [0.15, 0.2) is 72.4 Å². The molecule has 0 spiro atoms. The smallest absolute Gasteiger partial charge is 0.225 e. The molecule has 7 N–H and O–H groups in total. The standard InChI is InChI=1S/C29H40ClN3O4Si.C23H26ClN3O4.C15H14ClN3.C14H27ClO4Si.C14H28O5Si.C6H3Cl2N3/c1-18(19-12-10-9-11-13-19)31-21-16-23(30)32-26-20(21)14-15-33(26)27-25-24(36-29(5,6)37-25)22(35-27)17-34-38(7,8)28(2,3)4;1-13(14-7-5-4-6-8-14)25-16-11-18(24)26-21-15(16)9-10-27(21)22-20-19(17(12-28)29-22)30-23(2,3)31-20;1-10(11-5-3-2-4-6-11)18-13-9-14(16)19-15-12(13)7-8-17-15;2*1-13(2,3)20(6,7)16-8-9-10-11(12(15)17-9)19-14(4,5)18-10;7-4-3-1-2-9-5(3)11-6(8)10-4/h9-16,18,22,24-25,27H,17H2,1-8H3,(H,31,32);4-11,13,17,19-20,22,28H,12H2,1-3H3,(H,25,26);2-10H,1H3,(H2,17,18,19);9-12H,8H2,1-7H3;9-12,15H,8H2,1-7H3;1-2H,(H,9,10,11)/t18-,22-,24-,25-,27-;13-,17-,19-,20-,22-;10-;2*9-,10-,11-,12?;/m11111./s1. The van der Waals surface area contributed by atoms with Crippen LogP contribution in [0.5, 0.6) is 0 Å². The van der Waals surface area contributed by atoms with Gasteiger partial charge in [0.2, 0.25) is 5.28 Å². The zero-order valence-electron chi connectivity index (χ0n) is 84.2. The molecule has 38 heteroatoms. The van der Waals surface area contributed by atoms with Gasteiger partial charge in [-0.2, -0.15) is 4.98 Å². The fourth-order valence-corrected chi connectivity index (χ4v) is 21.5. The van der Waals surface area contributed by atoms with Gasteiger partial charge in [-0.3, -0.25) is 0 Å². The van der Waals surface area contributed by atoms with Gasteiger partial charge in [0, 0.05) is 76.1 Å². The quantitative estimate of drug-likeness (QED) is 0.0116. The maximum absolute atomic E-state index is 9.92. The van der Waals surface area contributed by atoms with Crippen molar-refractivity contribution in [1.29, 1.82) is 0 Å². The number of nitrogens with one attached hydrogen (secondary N) is 5. The molecule has 8 saturated heterocycles. The van der Waals surface area contributed by atoms with E-state index >= 15 is 0 Å². The number of aromatic nitrogens is 9. The number of halogens is 6. The zero-order valence-corrected chi connectivity index (χ0v) is 91.8. The number of rotatable bonds is 21.